The zero-order valence-corrected chi connectivity index (χ0v) is 13.2. The van der Waals surface area contributed by atoms with Gasteiger partial charge in [0.25, 0.3) is 0 Å². The molecule has 1 aromatic carbocycles. The van der Waals surface area contributed by atoms with Crippen molar-refractivity contribution in [2.24, 2.45) is 0 Å². The molecule has 0 saturated carbocycles. The van der Waals surface area contributed by atoms with E-state index in [1.165, 1.54) is 0 Å². The largest absolute Gasteiger partial charge is 0.396 e. The number of hydrogen-bond donors (Lipinski definition) is 3. The van der Waals surface area contributed by atoms with Crippen molar-refractivity contribution in [1.82, 2.24) is 4.90 Å². The lowest BCUT2D eigenvalue weighted by atomic mass is 10.2. The fraction of sp³-hybridized carbons (Fsp3) is 0.571. The summed E-state index contributed by atoms with van der Waals surface area (Å²) in [5, 5.41) is 29.9. The van der Waals surface area contributed by atoms with Crippen LogP contribution in [0, 0.1) is 0 Å². The van der Waals surface area contributed by atoms with Crippen LogP contribution in [-0.2, 0) is 0 Å². The number of rotatable bonds is 5. The Morgan fingerprint density at radius 2 is 1.76 bits per heavy atom. The number of halogens is 2. The number of piperazine rings is 1. The topological polar surface area (TPSA) is 67.2 Å². The van der Waals surface area contributed by atoms with Gasteiger partial charge in [-0.3, -0.25) is 0 Å². The minimum Gasteiger partial charge on any atom is -0.396 e. The molecule has 1 fully saturated rings. The van der Waals surface area contributed by atoms with Crippen molar-refractivity contribution in [1.29, 1.82) is 0 Å². The summed E-state index contributed by atoms with van der Waals surface area (Å²) in [5.74, 6) is -1.87. The van der Waals surface area contributed by atoms with Gasteiger partial charge in [-0.25, -0.2) is 4.90 Å². The average Bonchev–Trinajstić information content (AvgIpc) is 2.48. The first-order valence-electron chi connectivity index (χ1n) is 6.95. The second kappa shape index (κ2) is 7.13. The molecule has 2 rings (SSSR count). The van der Waals surface area contributed by atoms with Crippen molar-refractivity contribution in [3.63, 3.8) is 0 Å². The predicted octanol–water partition coefficient (Wildman–Crippen LogP) is 1.53. The Labute approximate surface area is 134 Å². The molecule has 0 unspecified atom stereocenters. The number of benzene rings is 1. The van der Waals surface area contributed by atoms with Gasteiger partial charge in [0.1, 0.15) is 0 Å². The van der Waals surface area contributed by atoms with E-state index in [1.54, 1.807) is 11.0 Å². The van der Waals surface area contributed by atoms with Gasteiger partial charge in [-0.1, -0.05) is 29.3 Å². The van der Waals surface area contributed by atoms with Crippen LogP contribution in [0.25, 0.3) is 0 Å². The molecule has 0 amide bonds. The molecule has 118 valence electrons. The van der Waals surface area contributed by atoms with Crippen molar-refractivity contribution < 1.29 is 15.3 Å². The van der Waals surface area contributed by atoms with Crippen molar-refractivity contribution in [3.05, 3.63) is 28.2 Å². The van der Waals surface area contributed by atoms with Gasteiger partial charge in [-0.15, -0.1) is 0 Å². The third-order valence-electron chi connectivity index (χ3n) is 3.73. The maximum Gasteiger partial charge on any atom is 0.225 e. The summed E-state index contributed by atoms with van der Waals surface area (Å²) < 4.78 is 0. The monoisotopic (exact) mass is 334 g/mol. The standard InChI is InChI=1S/C14H20Cl2N2O3/c15-11-3-1-4-12(13(11)16)17-6-8-18(9-7-17)14(20,21)5-2-10-19/h1,3-4,19-21H,2,5-10H2. The lowest BCUT2D eigenvalue weighted by Crippen LogP contribution is -2.57. The molecule has 3 N–H and O–H groups in total. The highest BCUT2D eigenvalue weighted by Crippen LogP contribution is 2.33. The molecule has 1 aromatic rings. The summed E-state index contributed by atoms with van der Waals surface area (Å²) in [5.41, 5.74) is 0.862. The van der Waals surface area contributed by atoms with E-state index >= 15 is 0 Å². The summed E-state index contributed by atoms with van der Waals surface area (Å²) in [6.07, 6.45) is 0.481. The third-order valence-corrected chi connectivity index (χ3v) is 4.54. The van der Waals surface area contributed by atoms with Crippen LogP contribution < -0.4 is 4.90 Å². The highest BCUT2D eigenvalue weighted by Gasteiger charge is 2.34. The molecule has 21 heavy (non-hydrogen) atoms. The van der Waals surface area contributed by atoms with Gasteiger partial charge in [0, 0.05) is 39.2 Å². The molecule has 1 aliphatic heterocycles. The molecule has 7 heteroatoms. The maximum absolute atomic E-state index is 10.0. The van der Waals surface area contributed by atoms with Crippen molar-refractivity contribution in [3.8, 4) is 0 Å². The zero-order chi connectivity index (χ0) is 15.5. The molecule has 5 nitrogen and oxygen atoms in total. The predicted molar refractivity (Wildman–Crippen MR) is 83.7 cm³/mol. The van der Waals surface area contributed by atoms with Gasteiger partial charge in [-0.2, -0.15) is 0 Å². The smallest absolute Gasteiger partial charge is 0.225 e. The molecule has 0 bridgehead atoms. The van der Waals surface area contributed by atoms with Crippen LogP contribution in [0.1, 0.15) is 12.8 Å². The normalized spacial score (nSPS) is 17.3. The van der Waals surface area contributed by atoms with E-state index in [4.69, 9.17) is 28.3 Å². The van der Waals surface area contributed by atoms with E-state index < -0.39 is 5.91 Å². The first kappa shape index (κ1) is 16.8. The van der Waals surface area contributed by atoms with Gasteiger partial charge in [0.15, 0.2) is 0 Å². The molecule has 1 heterocycles. The van der Waals surface area contributed by atoms with E-state index in [0.717, 1.165) is 5.69 Å². The summed E-state index contributed by atoms with van der Waals surface area (Å²) in [6, 6.07) is 5.49. The van der Waals surface area contributed by atoms with Crippen LogP contribution in [-0.4, -0.2) is 58.9 Å². The van der Waals surface area contributed by atoms with Gasteiger partial charge < -0.3 is 20.2 Å². The number of hydrogen-bond acceptors (Lipinski definition) is 5. The van der Waals surface area contributed by atoms with Crippen LogP contribution in [0.5, 0.6) is 0 Å². The van der Waals surface area contributed by atoms with Crippen LogP contribution in [0.4, 0.5) is 5.69 Å². The summed E-state index contributed by atoms with van der Waals surface area (Å²) in [7, 11) is 0. The van der Waals surface area contributed by atoms with Gasteiger partial charge in [0.2, 0.25) is 5.91 Å². The second-order valence-corrected chi connectivity index (χ2v) is 5.93. The van der Waals surface area contributed by atoms with Crippen LogP contribution in [0.15, 0.2) is 18.2 Å². The number of aliphatic hydroxyl groups is 3. The Hall–Kier alpha value is -0.560. The first-order chi connectivity index (χ1) is 9.95. The SMILES string of the molecule is OCCCC(O)(O)N1CCN(c2cccc(Cl)c2Cl)CC1. The van der Waals surface area contributed by atoms with E-state index in [-0.39, 0.29) is 13.0 Å². The fourth-order valence-electron chi connectivity index (χ4n) is 2.52. The highest BCUT2D eigenvalue weighted by atomic mass is 35.5. The van der Waals surface area contributed by atoms with E-state index in [0.29, 0.717) is 42.6 Å². The Morgan fingerprint density at radius 3 is 2.38 bits per heavy atom. The van der Waals surface area contributed by atoms with E-state index in [9.17, 15) is 10.2 Å². The van der Waals surface area contributed by atoms with E-state index in [1.807, 2.05) is 12.1 Å². The van der Waals surface area contributed by atoms with Crippen LogP contribution in [0.2, 0.25) is 10.0 Å². The molecule has 1 saturated heterocycles. The lowest BCUT2D eigenvalue weighted by Gasteiger charge is -2.42. The highest BCUT2D eigenvalue weighted by molar-refractivity contribution is 6.43. The molecular formula is C14H20Cl2N2O3. The molecule has 0 aromatic heterocycles. The number of nitrogens with zero attached hydrogens (tertiary/aromatic N) is 2. The molecule has 0 radical (unpaired) electrons. The molecule has 1 aliphatic rings. The molecule has 0 aliphatic carbocycles. The molecular weight excluding hydrogens is 315 g/mol. The van der Waals surface area contributed by atoms with E-state index in [2.05, 4.69) is 4.90 Å². The van der Waals surface area contributed by atoms with Crippen LogP contribution >= 0.6 is 23.2 Å². The zero-order valence-electron chi connectivity index (χ0n) is 11.7. The fourth-order valence-corrected chi connectivity index (χ4v) is 2.93. The van der Waals surface area contributed by atoms with Crippen molar-refractivity contribution in [2.75, 3.05) is 37.7 Å². The third kappa shape index (κ3) is 4.00. The Kier molecular flexibility index (Phi) is 5.71. The van der Waals surface area contributed by atoms with Gasteiger partial charge in [0.05, 0.1) is 15.7 Å². The second-order valence-electron chi connectivity index (χ2n) is 5.15. The first-order valence-corrected chi connectivity index (χ1v) is 7.71. The minimum atomic E-state index is -1.87. The minimum absolute atomic E-state index is 0.0546. The Balaban J connectivity index is 1.98. The van der Waals surface area contributed by atoms with Crippen LogP contribution in [0.3, 0.4) is 0 Å². The Morgan fingerprint density at radius 1 is 1.10 bits per heavy atom. The van der Waals surface area contributed by atoms with Crippen molar-refractivity contribution >= 4 is 28.9 Å². The average molecular weight is 335 g/mol. The summed E-state index contributed by atoms with van der Waals surface area (Å²) in [6.45, 7) is 2.20. The van der Waals surface area contributed by atoms with Gasteiger partial charge in [-0.05, 0) is 18.6 Å². The lowest BCUT2D eigenvalue weighted by molar-refractivity contribution is -0.269. The molecule has 0 spiro atoms. The van der Waals surface area contributed by atoms with Crippen molar-refractivity contribution in [2.45, 2.75) is 18.8 Å². The number of anilines is 1. The quantitative estimate of drug-likeness (QED) is 0.712. The number of aliphatic hydroxyl groups excluding tert-OH is 1. The Bertz CT molecular complexity index is 477. The summed E-state index contributed by atoms with van der Waals surface area (Å²) in [4.78, 5) is 3.68. The molecule has 0 atom stereocenters. The summed E-state index contributed by atoms with van der Waals surface area (Å²) >= 11 is 12.2. The van der Waals surface area contributed by atoms with Gasteiger partial charge >= 0.3 is 0 Å². The maximum atomic E-state index is 10.0.